The molecule has 1 aromatic heterocycles. The van der Waals surface area contributed by atoms with Crippen LogP contribution in [0.1, 0.15) is 41.8 Å². The lowest BCUT2D eigenvalue weighted by atomic mass is 10.1. The highest BCUT2D eigenvalue weighted by Crippen LogP contribution is 2.23. The maximum Gasteiger partial charge on any atom is 0.290 e. The van der Waals surface area contributed by atoms with E-state index in [1.165, 1.54) is 11.8 Å². The van der Waals surface area contributed by atoms with Crippen LogP contribution in [-0.2, 0) is 16.0 Å². The molecule has 0 spiro atoms. The van der Waals surface area contributed by atoms with Gasteiger partial charge in [0.05, 0.1) is 6.26 Å². The van der Waals surface area contributed by atoms with Gasteiger partial charge >= 0.3 is 0 Å². The van der Waals surface area contributed by atoms with Crippen molar-refractivity contribution in [2.24, 2.45) is 0 Å². The van der Waals surface area contributed by atoms with Gasteiger partial charge < -0.3 is 19.1 Å². The highest BCUT2D eigenvalue weighted by Gasteiger charge is 2.38. The number of aryl methyl sites for hydroxylation is 1. The average Bonchev–Trinajstić information content (AvgIpc) is 3.51. The molecule has 2 fully saturated rings. The molecule has 0 aliphatic carbocycles. The van der Waals surface area contributed by atoms with Gasteiger partial charge in [-0.1, -0.05) is 30.3 Å². The van der Waals surface area contributed by atoms with Crippen LogP contribution in [0.5, 0.6) is 0 Å². The van der Waals surface area contributed by atoms with Crippen LogP contribution in [0.3, 0.4) is 0 Å². The summed E-state index contributed by atoms with van der Waals surface area (Å²) in [7, 11) is 0. The number of hydrogen-bond donors (Lipinski definition) is 0. The molecule has 31 heavy (non-hydrogen) atoms. The highest BCUT2D eigenvalue weighted by molar-refractivity contribution is 5.96. The molecule has 1 atom stereocenters. The zero-order valence-corrected chi connectivity index (χ0v) is 17.7. The fourth-order valence-corrected chi connectivity index (χ4v) is 4.44. The van der Waals surface area contributed by atoms with Crippen molar-refractivity contribution >= 4 is 17.7 Å². The molecule has 3 amide bonds. The van der Waals surface area contributed by atoms with E-state index in [2.05, 4.69) is 12.1 Å². The molecule has 1 aromatic carbocycles. The average molecular weight is 424 g/mol. The second-order valence-electron chi connectivity index (χ2n) is 8.18. The van der Waals surface area contributed by atoms with E-state index in [1.54, 1.807) is 21.9 Å². The first-order valence-electron chi connectivity index (χ1n) is 11.1. The first kappa shape index (κ1) is 21.2. The highest BCUT2D eigenvalue weighted by atomic mass is 16.3. The number of carbonyl (C=O) groups excluding carboxylic acids is 3. The Morgan fingerprint density at radius 1 is 0.903 bits per heavy atom. The number of piperazine rings is 1. The third-order valence-corrected chi connectivity index (χ3v) is 6.17. The van der Waals surface area contributed by atoms with Crippen molar-refractivity contribution in [1.82, 2.24) is 14.7 Å². The van der Waals surface area contributed by atoms with Crippen LogP contribution in [0.2, 0.25) is 0 Å². The second-order valence-corrected chi connectivity index (χ2v) is 8.18. The molecular formula is C24H29N3O4. The molecular weight excluding hydrogens is 394 g/mol. The number of carbonyl (C=O) groups is 3. The van der Waals surface area contributed by atoms with Crippen LogP contribution in [0.4, 0.5) is 0 Å². The van der Waals surface area contributed by atoms with Crippen molar-refractivity contribution in [2.45, 2.75) is 38.1 Å². The van der Waals surface area contributed by atoms with E-state index in [1.807, 2.05) is 23.1 Å². The van der Waals surface area contributed by atoms with Crippen molar-refractivity contribution in [3.63, 3.8) is 0 Å². The monoisotopic (exact) mass is 423 g/mol. The first-order chi connectivity index (χ1) is 15.1. The molecule has 0 bridgehead atoms. The zero-order valence-electron chi connectivity index (χ0n) is 17.7. The molecule has 3 heterocycles. The van der Waals surface area contributed by atoms with Crippen LogP contribution in [-0.4, -0.2) is 71.2 Å². The van der Waals surface area contributed by atoms with Crippen LogP contribution in [0.25, 0.3) is 0 Å². The molecule has 0 radical (unpaired) electrons. The summed E-state index contributed by atoms with van der Waals surface area (Å²) in [6, 6.07) is 13.1. The topological polar surface area (TPSA) is 74.1 Å². The minimum atomic E-state index is -0.439. The van der Waals surface area contributed by atoms with E-state index in [0.717, 1.165) is 19.3 Å². The summed E-state index contributed by atoms with van der Waals surface area (Å²) in [5, 5.41) is 0. The quantitative estimate of drug-likeness (QED) is 0.716. The van der Waals surface area contributed by atoms with Gasteiger partial charge in [-0.25, -0.2) is 0 Å². The lowest BCUT2D eigenvalue weighted by Crippen LogP contribution is -2.55. The fourth-order valence-electron chi connectivity index (χ4n) is 4.44. The van der Waals surface area contributed by atoms with Gasteiger partial charge in [0.25, 0.3) is 5.91 Å². The maximum atomic E-state index is 13.1. The third-order valence-electron chi connectivity index (χ3n) is 6.17. The molecule has 2 aliphatic heterocycles. The Labute approximate surface area is 182 Å². The number of hydrogen-bond acceptors (Lipinski definition) is 4. The van der Waals surface area contributed by atoms with Gasteiger partial charge in [-0.15, -0.1) is 0 Å². The zero-order chi connectivity index (χ0) is 21.6. The summed E-state index contributed by atoms with van der Waals surface area (Å²) < 4.78 is 5.22. The lowest BCUT2D eigenvalue weighted by Gasteiger charge is -2.37. The Morgan fingerprint density at radius 2 is 1.65 bits per heavy atom. The molecule has 7 nitrogen and oxygen atoms in total. The van der Waals surface area contributed by atoms with Gasteiger partial charge in [-0.2, -0.15) is 0 Å². The molecule has 2 saturated heterocycles. The summed E-state index contributed by atoms with van der Waals surface area (Å²) >= 11 is 0. The molecule has 7 heteroatoms. The van der Waals surface area contributed by atoms with E-state index in [-0.39, 0.29) is 23.5 Å². The van der Waals surface area contributed by atoms with E-state index in [9.17, 15) is 14.4 Å². The van der Waals surface area contributed by atoms with Crippen LogP contribution < -0.4 is 0 Å². The lowest BCUT2D eigenvalue weighted by molar-refractivity contribution is -0.142. The van der Waals surface area contributed by atoms with Crippen LogP contribution in [0.15, 0.2) is 53.1 Å². The van der Waals surface area contributed by atoms with Gasteiger partial charge in [0.1, 0.15) is 6.04 Å². The first-order valence-corrected chi connectivity index (χ1v) is 11.1. The maximum absolute atomic E-state index is 13.1. The normalized spacial score (nSPS) is 19.0. The van der Waals surface area contributed by atoms with E-state index >= 15 is 0 Å². The van der Waals surface area contributed by atoms with E-state index in [0.29, 0.717) is 45.6 Å². The molecule has 2 aromatic rings. The van der Waals surface area contributed by atoms with Gasteiger partial charge in [0.15, 0.2) is 5.76 Å². The summed E-state index contributed by atoms with van der Waals surface area (Å²) in [5.74, 6) is 0.172. The van der Waals surface area contributed by atoms with Crippen molar-refractivity contribution in [2.75, 3.05) is 32.7 Å². The SMILES string of the molecule is O=C(CCCc1ccccc1)N1CCN(C(=O)C2CCCN2C(=O)c2ccco2)CC1. The Balaban J connectivity index is 1.24. The van der Waals surface area contributed by atoms with Crippen LogP contribution in [0, 0.1) is 0 Å². The Kier molecular flexibility index (Phi) is 6.70. The number of amides is 3. The minimum absolute atomic E-state index is 0.0198. The van der Waals surface area contributed by atoms with Gasteiger partial charge in [0, 0.05) is 39.1 Å². The standard InChI is InChI=1S/C24H29N3O4/c28-22(12-4-9-19-7-2-1-3-8-19)25-14-16-26(17-15-25)23(29)20-10-5-13-27(20)24(30)21-11-6-18-31-21/h1-3,6-8,11,18,20H,4-5,9-10,12-17H2. The number of nitrogens with zero attached hydrogens (tertiary/aromatic N) is 3. The minimum Gasteiger partial charge on any atom is -0.459 e. The van der Waals surface area contributed by atoms with Gasteiger partial charge in [-0.05, 0) is 43.4 Å². The number of benzene rings is 1. The molecule has 0 N–H and O–H groups in total. The van der Waals surface area contributed by atoms with Gasteiger partial charge in [0.2, 0.25) is 11.8 Å². The number of furan rings is 1. The third kappa shape index (κ3) is 4.98. The molecule has 1 unspecified atom stereocenters. The van der Waals surface area contributed by atoms with Crippen molar-refractivity contribution in [1.29, 1.82) is 0 Å². The Bertz CT molecular complexity index is 889. The molecule has 4 rings (SSSR count). The second kappa shape index (κ2) is 9.81. The number of rotatable bonds is 6. The summed E-state index contributed by atoms with van der Waals surface area (Å²) in [5.41, 5.74) is 1.25. The molecule has 2 aliphatic rings. The molecule has 164 valence electrons. The summed E-state index contributed by atoms with van der Waals surface area (Å²) in [6.45, 7) is 2.70. The number of likely N-dealkylation sites (tertiary alicyclic amines) is 1. The van der Waals surface area contributed by atoms with Crippen molar-refractivity contribution < 1.29 is 18.8 Å². The molecule has 0 saturated carbocycles. The summed E-state index contributed by atoms with van der Waals surface area (Å²) in [6.07, 6.45) is 5.19. The Morgan fingerprint density at radius 3 is 2.35 bits per heavy atom. The van der Waals surface area contributed by atoms with Crippen LogP contribution >= 0.6 is 0 Å². The predicted molar refractivity (Wildman–Crippen MR) is 115 cm³/mol. The largest absolute Gasteiger partial charge is 0.459 e. The van der Waals surface area contributed by atoms with E-state index < -0.39 is 6.04 Å². The smallest absolute Gasteiger partial charge is 0.290 e. The fraction of sp³-hybridized carbons (Fsp3) is 0.458. The van der Waals surface area contributed by atoms with Gasteiger partial charge in [-0.3, -0.25) is 14.4 Å². The van der Waals surface area contributed by atoms with Crippen molar-refractivity contribution in [3.05, 3.63) is 60.1 Å². The predicted octanol–water partition coefficient (Wildman–Crippen LogP) is 2.58. The Hall–Kier alpha value is -3.09. The summed E-state index contributed by atoms with van der Waals surface area (Å²) in [4.78, 5) is 43.6. The van der Waals surface area contributed by atoms with Crippen molar-refractivity contribution in [3.8, 4) is 0 Å². The van der Waals surface area contributed by atoms with E-state index in [4.69, 9.17) is 4.42 Å².